The third-order valence-corrected chi connectivity index (χ3v) is 2.74. The first kappa shape index (κ1) is 13.1. The number of hydrazone groups is 1. The van der Waals surface area contributed by atoms with Gasteiger partial charge in [0.05, 0.1) is 25.3 Å². The quantitative estimate of drug-likeness (QED) is 0.353. The number of aromatic amines is 1. The molecule has 2 heterocycles. The van der Waals surface area contributed by atoms with Crippen LogP contribution in [0.4, 0.5) is 5.95 Å². The lowest BCUT2D eigenvalue weighted by Gasteiger charge is -1.94. The molecule has 2 aromatic rings. The maximum atomic E-state index is 10.9. The highest BCUT2D eigenvalue weighted by molar-refractivity contribution is 7.99. The molecule has 0 aromatic carbocycles. The summed E-state index contributed by atoms with van der Waals surface area (Å²) in [5.41, 5.74) is 2.66. The van der Waals surface area contributed by atoms with Crippen LogP contribution in [-0.4, -0.2) is 40.2 Å². The lowest BCUT2D eigenvalue weighted by molar-refractivity contribution is -0.137. The summed E-state index contributed by atoms with van der Waals surface area (Å²) in [4.78, 5) is 15.0. The lowest BCUT2D eigenvalue weighted by atomic mass is 10.5. The number of carbonyl (C=O) groups is 1. The average molecular weight is 281 g/mol. The van der Waals surface area contributed by atoms with Gasteiger partial charge in [0.1, 0.15) is 5.76 Å². The average Bonchev–Trinajstić information content (AvgIpc) is 3.07. The van der Waals surface area contributed by atoms with Gasteiger partial charge in [-0.25, -0.2) is 10.5 Å². The maximum absolute atomic E-state index is 10.9. The summed E-state index contributed by atoms with van der Waals surface area (Å²) in [5.74, 6) is 0.811. The Hall–Kier alpha value is -2.29. The van der Waals surface area contributed by atoms with Crippen LogP contribution < -0.4 is 5.43 Å². The lowest BCUT2D eigenvalue weighted by Crippen LogP contribution is -2.03. The van der Waals surface area contributed by atoms with E-state index in [0.29, 0.717) is 16.9 Å². The highest BCUT2D eigenvalue weighted by Crippen LogP contribution is 2.13. The molecule has 0 aliphatic rings. The fraction of sp³-hybridized carbons (Fsp3) is 0.200. The number of aromatic nitrogens is 3. The van der Waals surface area contributed by atoms with Gasteiger partial charge < -0.3 is 9.15 Å². The van der Waals surface area contributed by atoms with Gasteiger partial charge in [-0.2, -0.15) is 10.1 Å². The predicted octanol–water partition coefficient (Wildman–Crippen LogP) is 1.11. The summed E-state index contributed by atoms with van der Waals surface area (Å²) in [6, 6.07) is 3.53. The van der Waals surface area contributed by atoms with Crippen molar-refractivity contribution in [2.75, 3.05) is 18.3 Å². The molecule has 100 valence electrons. The Balaban J connectivity index is 1.82. The second kappa shape index (κ2) is 6.59. The normalized spacial score (nSPS) is 10.8. The highest BCUT2D eigenvalue weighted by Gasteiger charge is 2.06. The van der Waals surface area contributed by atoms with Crippen LogP contribution in [0.25, 0.3) is 0 Å². The molecule has 8 nitrogen and oxygen atoms in total. The maximum Gasteiger partial charge on any atom is 0.316 e. The van der Waals surface area contributed by atoms with E-state index in [1.165, 1.54) is 25.1 Å². The van der Waals surface area contributed by atoms with Crippen molar-refractivity contribution in [3.8, 4) is 0 Å². The van der Waals surface area contributed by atoms with Gasteiger partial charge in [0.2, 0.25) is 11.1 Å². The van der Waals surface area contributed by atoms with Gasteiger partial charge in [0.25, 0.3) is 0 Å². The van der Waals surface area contributed by atoms with Crippen molar-refractivity contribution in [2.24, 2.45) is 5.10 Å². The summed E-state index contributed by atoms with van der Waals surface area (Å²) >= 11 is 1.17. The number of carbonyl (C=O) groups excluding carboxylic acids is 1. The number of thioether (sulfide) groups is 1. The Kier molecular flexibility index (Phi) is 4.56. The number of hydrogen-bond donors (Lipinski definition) is 2. The van der Waals surface area contributed by atoms with E-state index < -0.39 is 0 Å². The van der Waals surface area contributed by atoms with Crippen molar-refractivity contribution in [3.63, 3.8) is 0 Å². The van der Waals surface area contributed by atoms with E-state index in [1.54, 1.807) is 18.4 Å². The summed E-state index contributed by atoms with van der Waals surface area (Å²) < 4.78 is 9.57. The van der Waals surface area contributed by atoms with Crippen molar-refractivity contribution in [3.05, 3.63) is 24.2 Å². The number of nitrogens with one attached hydrogen (secondary N) is 2. The number of hydrogen-bond acceptors (Lipinski definition) is 8. The number of H-pyrrole nitrogens is 1. The largest absolute Gasteiger partial charge is 0.468 e. The van der Waals surface area contributed by atoms with Gasteiger partial charge in [-0.1, -0.05) is 11.8 Å². The molecule has 0 radical (unpaired) electrons. The second-order valence-corrected chi connectivity index (χ2v) is 4.16. The molecule has 0 bridgehead atoms. The summed E-state index contributed by atoms with van der Waals surface area (Å²) in [6.07, 6.45) is 3.06. The van der Waals surface area contributed by atoms with Crippen LogP contribution >= 0.6 is 11.8 Å². The molecule has 2 N–H and O–H groups in total. The Morgan fingerprint density at radius 3 is 3.37 bits per heavy atom. The molecular weight excluding hydrogens is 270 g/mol. The predicted molar refractivity (Wildman–Crippen MR) is 69.0 cm³/mol. The number of methoxy groups -OCH3 is 1. The summed E-state index contributed by atoms with van der Waals surface area (Å²) in [7, 11) is 1.33. The van der Waals surface area contributed by atoms with Crippen molar-refractivity contribution >= 4 is 29.9 Å². The van der Waals surface area contributed by atoms with Gasteiger partial charge in [-0.15, -0.1) is 5.10 Å². The van der Waals surface area contributed by atoms with E-state index in [-0.39, 0.29) is 11.7 Å². The van der Waals surface area contributed by atoms with Crippen LogP contribution in [0.15, 0.2) is 33.1 Å². The standard InChI is InChI=1S/C10H11N5O3S/c1-17-8(16)6-19-10-12-9(14-15-10)13-11-5-7-3-2-4-18-7/h2-5H,6H2,1H3,(H2,12,13,14,15)/b11-5-. The minimum Gasteiger partial charge on any atom is -0.468 e. The SMILES string of the molecule is COC(=O)CSc1n[nH]c(N/N=C\c2ccco2)n1. The smallest absolute Gasteiger partial charge is 0.316 e. The van der Waals surface area contributed by atoms with Crippen LogP contribution in [0, 0.1) is 0 Å². The Morgan fingerprint density at radius 2 is 2.63 bits per heavy atom. The minimum atomic E-state index is -0.333. The molecular formula is C10H11N5O3S. The Bertz CT molecular complexity index is 551. The molecule has 2 rings (SSSR count). The van der Waals surface area contributed by atoms with E-state index in [2.05, 4.69) is 30.4 Å². The second-order valence-electron chi connectivity index (χ2n) is 3.22. The first-order valence-electron chi connectivity index (χ1n) is 5.22. The van der Waals surface area contributed by atoms with Crippen LogP contribution in [0.1, 0.15) is 5.76 Å². The van der Waals surface area contributed by atoms with Crippen LogP contribution in [0.5, 0.6) is 0 Å². The van der Waals surface area contributed by atoms with Crippen molar-refractivity contribution in [1.82, 2.24) is 15.2 Å². The monoisotopic (exact) mass is 281 g/mol. The Morgan fingerprint density at radius 1 is 1.74 bits per heavy atom. The number of ether oxygens (including phenoxy) is 1. The van der Waals surface area contributed by atoms with Crippen LogP contribution in [0.2, 0.25) is 0 Å². The van der Waals surface area contributed by atoms with Crippen molar-refractivity contribution in [1.29, 1.82) is 0 Å². The van der Waals surface area contributed by atoms with E-state index >= 15 is 0 Å². The van der Waals surface area contributed by atoms with Crippen molar-refractivity contribution in [2.45, 2.75) is 5.16 Å². The molecule has 0 unspecified atom stereocenters. The molecule has 0 fully saturated rings. The molecule has 19 heavy (non-hydrogen) atoms. The van der Waals surface area contributed by atoms with Gasteiger partial charge in [0, 0.05) is 0 Å². The molecule has 0 saturated carbocycles. The molecule has 0 amide bonds. The van der Waals surface area contributed by atoms with Gasteiger partial charge >= 0.3 is 5.97 Å². The van der Waals surface area contributed by atoms with Crippen LogP contribution in [-0.2, 0) is 9.53 Å². The fourth-order valence-corrected chi connectivity index (χ4v) is 1.70. The number of furan rings is 1. The molecule has 9 heteroatoms. The third-order valence-electron chi connectivity index (χ3n) is 1.92. The zero-order chi connectivity index (χ0) is 13.5. The molecule has 0 saturated heterocycles. The first-order chi connectivity index (χ1) is 9.28. The van der Waals surface area contributed by atoms with Gasteiger partial charge in [0.15, 0.2) is 0 Å². The van der Waals surface area contributed by atoms with E-state index in [0.717, 1.165) is 0 Å². The minimum absolute atomic E-state index is 0.156. The van der Waals surface area contributed by atoms with Gasteiger partial charge in [-0.05, 0) is 12.1 Å². The fourth-order valence-electron chi connectivity index (χ4n) is 1.07. The first-order valence-corrected chi connectivity index (χ1v) is 6.21. The molecule has 2 aromatic heterocycles. The highest BCUT2D eigenvalue weighted by atomic mass is 32.2. The zero-order valence-corrected chi connectivity index (χ0v) is 10.8. The topological polar surface area (TPSA) is 105 Å². The van der Waals surface area contributed by atoms with E-state index in [9.17, 15) is 4.79 Å². The number of anilines is 1. The summed E-state index contributed by atoms with van der Waals surface area (Å²) in [5, 5.41) is 10.9. The van der Waals surface area contributed by atoms with E-state index in [4.69, 9.17) is 4.42 Å². The zero-order valence-electron chi connectivity index (χ0n) is 9.99. The van der Waals surface area contributed by atoms with Gasteiger partial charge in [-0.3, -0.25) is 4.79 Å². The summed E-state index contributed by atoms with van der Waals surface area (Å²) in [6.45, 7) is 0. The Labute approximate surface area is 112 Å². The number of nitrogens with zero attached hydrogens (tertiary/aromatic N) is 3. The van der Waals surface area contributed by atoms with Crippen molar-refractivity contribution < 1.29 is 13.9 Å². The van der Waals surface area contributed by atoms with E-state index in [1.807, 2.05) is 0 Å². The number of rotatable bonds is 6. The molecule has 0 spiro atoms. The molecule has 0 aliphatic carbocycles. The molecule has 0 atom stereocenters. The molecule has 0 aliphatic heterocycles. The third kappa shape index (κ3) is 4.14. The number of esters is 1. The van der Waals surface area contributed by atoms with Crippen LogP contribution in [0.3, 0.4) is 0 Å².